The lowest BCUT2D eigenvalue weighted by molar-refractivity contribution is 0.0944. The molecule has 2 heterocycles. The lowest BCUT2D eigenvalue weighted by Gasteiger charge is -2.13. The van der Waals surface area contributed by atoms with Gasteiger partial charge in [-0.15, -0.1) is 10.2 Å². The largest absolute Gasteiger partial charge is 0.496 e. The maximum atomic E-state index is 12.3. The maximum absolute atomic E-state index is 12.3. The Balaban J connectivity index is 2.10. The van der Waals surface area contributed by atoms with Crippen LogP contribution in [0.15, 0.2) is 36.7 Å². The molecule has 2 aromatic heterocycles. The molecule has 26 heavy (non-hydrogen) atoms. The number of anilines is 1. The number of fused-ring (bicyclic) bond motifs is 1. The Bertz CT molecular complexity index is 956. The number of ether oxygens (including phenoxy) is 1. The fraction of sp³-hybridized carbons (Fsp3) is 0.263. The van der Waals surface area contributed by atoms with E-state index in [0.29, 0.717) is 34.8 Å². The van der Waals surface area contributed by atoms with Crippen molar-refractivity contribution in [2.24, 2.45) is 5.92 Å². The van der Waals surface area contributed by atoms with Gasteiger partial charge in [0, 0.05) is 35.5 Å². The first-order chi connectivity index (χ1) is 12.5. The molecule has 0 fully saturated rings. The van der Waals surface area contributed by atoms with Crippen LogP contribution < -0.4 is 15.8 Å². The van der Waals surface area contributed by atoms with Crippen molar-refractivity contribution in [1.29, 1.82) is 0 Å². The molecular weight excluding hydrogens is 330 g/mol. The fourth-order valence-corrected chi connectivity index (χ4v) is 2.68. The predicted octanol–water partition coefficient (Wildman–Crippen LogP) is 2.67. The number of benzene rings is 1. The van der Waals surface area contributed by atoms with E-state index in [0.717, 1.165) is 11.1 Å². The Hall–Kier alpha value is -3.22. The molecule has 7 heteroatoms. The molecule has 1 amide bonds. The van der Waals surface area contributed by atoms with Gasteiger partial charge in [-0.2, -0.15) is 0 Å². The van der Waals surface area contributed by atoms with Gasteiger partial charge in [-0.05, 0) is 12.0 Å². The standard InChI is InChI=1S/C19H21N5O2/c1-11(2)9-22-19(25)18-16(20)13-6-4-5-12(17(13)23-24-18)14-10-21-8-7-15(14)26-3/h4-8,10-11H,9H2,1-3H3,(H2,20,23)(H,22,25). The van der Waals surface area contributed by atoms with Crippen molar-refractivity contribution in [3.05, 3.63) is 42.4 Å². The van der Waals surface area contributed by atoms with E-state index >= 15 is 0 Å². The zero-order chi connectivity index (χ0) is 18.7. The smallest absolute Gasteiger partial charge is 0.273 e. The molecule has 1 aromatic carbocycles. The SMILES string of the molecule is COc1ccncc1-c1cccc2c(N)c(C(=O)NCC(C)C)nnc12. The minimum absolute atomic E-state index is 0.133. The van der Waals surface area contributed by atoms with E-state index < -0.39 is 0 Å². The zero-order valence-corrected chi connectivity index (χ0v) is 15.0. The Labute approximate surface area is 151 Å². The molecular formula is C19H21N5O2. The van der Waals surface area contributed by atoms with Crippen LogP contribution in [-0.2, 0) is 0 Å². The van der Waals surface area contributed by atoms with Crippen LogP contribution >= 0.6 is 0 Å². The summed E-state index contributed by atoms with van der Waals surface area (Å²) < 4.78 is 5.41. The molecule has 7 nitrogen and oxygen atoms in total. The van der Waals surface area contributed by atoms with E-state index in [1.165, 1.54) is 0 Å². The zero-order valence-electron chi connectivity index (χ0n) is 15.0. The molecule has 3 aromatic rings. The second-order valence-electron chi connectivity index (χ2n) is 6.34. The number of nitrogen functional groups attached to an aromatic ring is 1. The molecule has 0 unspecified atom stereocenters. The van der Waals surface area contributed by atoms with E-state index in [9.17, 15) is 4.79 Å². The number of hydrogen-bond acceptors (Lipinski definition) is 6. The van der Waals surface area contributed by atoms with Crippen LogP contribution in [0.25, 0.3) is 22.0 Å². The first-order valence-electron chi connectivity index (χ1n) is 8.34. The Morgan fingerprint density at radius 1 is 1.23 bits per heavy atom. The van der Waals surface area contributed by atoms with E-state index in [-0.39, 0.29) is 11.6 Å². The highest BCUT2D eigenvalue weighted by Gasteiger charge is 2.18. The van der Waals surface area contributed by atoms with Crippen molar-refractivity contribution in [3.63, 3.8) is 0 Å². The molecule has 134 valence electrons. The summed E-state index contributed by atoms with van der Waals surface area (Å²) in [7, 11) is 1.60. The van der Waals surface area contributed by atoms with E-state index in [2.05, 4.69) is 20.5 Å². The minimum Gasteiger partial charge on any atom is -0.496 e. The number of aromatic nitrogens is 3. The predicted molar refractivity (Wildman–Crippen MR) is 101 cm³/mol. The Morgan fingerprint density at radius 2 is 2.04 bits per heavy atom. The number of amides is 1. The van der Waals surface area contributed by atoms with Crippen LogP contribution in [0.3, 0.4) is 0 Å². The van der Waals surface area contributed by atoms with Crippen molar-refractivity contribution < 1.29 is 9.53 Å². The summed E-state index contributed by atoms with van der Waals surface area (Å²) in [5, 5.41) is 11.8. The number of nitrogens with one attached hydrogen (secondary N) is 1. The van der Waals surface area contributed by atoms with E-state index in [1.807, 2.05) is 32.0 Å². The van der Waals surface area contributed by atoms with Crippen LogP contribution in [0.5, 0.6) is 5.75 Å². The quantitative estimate of drug-likeness (QED) is 0.732. The molecule has 0 bridgehead atoms. The van der Waals surface area contributed by atoms with E-state index in [4.69, 9.17) is 10.5 Å². The van der Waals surface area contributed by atoms with Gasteiger partial charge in [-0.25, -0.2) is 0 Å². The highest BCUT2D eigenvalue weighted by atomic mass is 16.5. The molecule has 0 saturated heterocycles. The molecule has 0 aliphatic carbocycles. The second-order valence-corrected chi connectivity index (χ2v) is 6.34. The van der Waals surface area contributed by atoms with Gasteiger partial charge in [0.1, 0.15) is 11.3 Å². The van der Waals surface area contributed by atoms with Crippen molar-refractivity contribution in [2.45, 2.75) is 13.8 Å². The third-order valence-corrected chi connectivity index (χ3v) is 4.01. The molecule has 0 saturated carbocycles. The normalized spacial score (nSPS) is 10.9. The number of rotatable bonds is 5. The molecule has 0 aliphatic rings. The number of nitrogens with zero attached hydrogens (tertiary/aromatic N) is 3. The number of hydrogen-bond donors (Lipinski definition) is 2. The van der Waals surface area contributed by atoms with Crippen LogP contribution in [0, 0.1) is 5.92 Å². The summed E-state index contributed by atoms with van der Waals surface area (Å²) >= 11 is 0. The summed E-state index contributed by atoms with van der Waals surface area (Å²) in [6.07, 6.45) is 3.36. The van der Waals surface area contributed by atoms with Gasteiger partial charge in [-0.3, -0.25) is 9.78 Å². The molecule has 0 radical (unpaired) electrons. The van der Waals surface area contributed by atoms with Crippen molar-refractivity contribution in [1.82, 2.24) is 20.5 Å². The van der Waals surface area contributed by atoms with Crippen LogP contribution in [0.4, 0.5) is 5.69 Å². The lowest BCUT2D eigenvalue weighted by Crippen LogP contribution is -2.29. The Kier molecular flexibility index (Phi) is 4.97. The number of carbonyl (C=O) groups is 1. The molecule has 3 rings (SSSR count). The van der Waals surface area contributed by atoms with Gasteiger partial charge >= 0.3 is 0 Å². The number of nitrogens with two attached hydrogens (primary N) is 1. The van der Waals surface area contributed by atoms with Crippen LogP contribution in [0.2, 0.25) is 0 Å². The summed E-state index contributed by atoms with van der Waals surface area (Å²) in [5.74, 6) is 0.680. The topological polar surface area (TPSA) is 103 Å². The monoisotopic (exact) mass is 351 g/mol. The second kappa shape index (κ2) is 7.35. The van der Waals surface area contributed by atoms with Crippen molar-refractivity contribution >= 4 is 22.5 Å². The van der Waals surface area contributed by atoms with Gasteiger partial charge in [0.2, 0.25) is 0 Å². The van der Waals surface area contributed by atoms with Crippen LogP contribution in [-0.4, -0.2) is 34.7 Å². The molecule has 0 aliphatic heterocycles. The average Bonchev–Trinajstić information content (AvgIpc) is 2.66. The summed E-state index contributed by atoms with van der Waals surface area (Å²) in [6.45, 7) is 4.58. The third-order valence-electron chi connectivity index (χ3n) is 4.01. The number of methoxy groups -OCH3 is 1. The average molecular weight is 351 g/mol. The highest BCUT2D eigenvalue weighted by molar-refractivity contribution is 6.07. The van der Waals surface area contributed by atoms with Gasteiger partial charge in [0.25, 0.3) is 5.91 Å². The summed E-state index contributed by atoms with van der Waals surface area (Å²) in [6, 6.07) is 7.36. The maximum Gasteiger partial charge on any atom is 0.273 e. The first-order valence-corrected chi connectivity index (χ1v) is 8.34. The van der Waals surface area contributed by atoms with Crippen molar-refractivity contribution in [3.8, 4) is 16.9 Å². The highest BCUT2D eigenvalue weighted by Crippen LogP contribution is 2.35. The summed E-state index contributed by atoms with van der Waals surface area (Å²) in [5.41, 5.74) is 8.84. The summed E-state index contributed by atoms with van der Waals surface area (Å²) in [4.78, 5) is 16.5. The van der Waals surface area contributed by atoms with Crippen LogP contribution in [0.1, 0.15) is 24.3 Å². The molecule has 0 spiro atoms. The lowest BCUT2D eigenvalue weighted by atomic mass is 10.0. The number of pyridine rings is 1. The van der Waals surface area contributed by atoms with Gasteiger partial charge < -0.3 is 15.8 Å². The minimum atomic E-state index is -0.324. The number of carbonyl (C=O) groups excluding carboxylic acids is 1. The molecule has 3 N–H and O–H groups in total. The molecule has 0 atom stereocenters. The first kappa shape index (κ1) is 17.6. The van der Waals surface area contributed by atoms with Gasteiger partial charge in [0.15, 0.2) is 5.69 Å². The third kappa shape index (κ3) is 3.28. The Morgan fingerprint density at radius 3 is 2.77 bits per heavy atom. The van der Waals surface area contributed by atoms with E-state index in [1.54, 1.807) is 25.6 Å². The fourth-order valence-electron chi connectivity index (χ4n) is 2.68. The van der Waals surface area contributed by atoms with Crippen molar-refractivity contribution in [2.75, 3.05) is 19.4 Å². The van der Waals surface area contributed by atoms with Gasteiger partial charge in [0.05, 0.1) is 12.8 Å². The van der Waals surface area contributed by atoms with Gasteiger partial charge in [-0.1, -0.05) is 32.0 Å².